The zero-order valence-corrected chi connectivity index (χ0v) is 23.6. The number of aldehydes is 1. The number of ketones is 1. The van der Waals surface area contributed by atoms with Gasteiger partial charge in [0.25, 0.3) is 0 Å². The molecule has 2 unspecified atom stereocenters. The molecule has 1 N–H and O–H groups in total. The van der Waals surface area contributed by atoms with Crippen LogP contribution in [0.5, 0.6) is 0 Å². The van der Waals surface area contributed by atoms with Crippen molar-refractivity contribution in [3.63, 3.8) is 0 Å². The van der Waals surface area contributed by atoms with Crippen LogP contribution >= 0.6 is 0 Å². The van der Waals surface area contributed by atoms with Gasteiger partial charge in [-0.15, -0.1) is 0 Å². The first kappa shape index (κ1) is 32.3. The smallest absolute Gasteiger partial charge is 0.144 e. The largest absolute Gasteiger partial charge is 0.303 e. The number of hydrogen-bond acceptors (Lipinski definition) is 3. The minimum absolute atomic E-state index is 0.124. The minimum Gasteiger partial charge on any atom is -0.303 e. The number of piperidine rings is 1. The monoisotopic (exact) mass is 494 g/mol. The number of carbonyl (C=O) groups is 2. The summed E-state index contributed by atoms with van der Waals surface area (Å²) in [6.07, 6.45) is 28.5. The van der Waals surface area contributed by atoms with Gasteiger partial charge in [0.1, 0.15) is 30.7 Å². The number of unbranched alkanes of at least 4 members (excludes halogenated alkanes) is 17. The Labute approximate surface area is 218 Å². The van der Waals surface area contributed by atoms with Gasteiger partial charge in [0.2, 0.25) is 0 Å². The maximum absolute atomic E-state index is 12.5. The first-order valence-corrected chi connectivity index (χ1v) is 15.6. The van der Waals surface area contributed by atoms with Crippen molar-refractivity contribution >= 4 is 12.1 Å². The molecule has 0 aliphatic carbocycles. The van der Waals surface area contributed by atoms with Gasteiger partial charge in [0.05, 0.1) is 12.8 Å². The SMILES string of the molecule is CCCCCC1CC(=O)CC(CCCCC)[N+]1(O)CCCCCCCCCCCCCCCC=O. The second kappa shape index (κ2) is 21.4. The van der Waals surface area contributed by atoms with Crippen molar-refractivity contribution in [3.8, 4) is 0 Å². The molecule has 0 amide bonds. The summed E-state index contributed by atoms with van der Waals surface area (Å²) in [6.45, 7) is 5.29. The van der Waals surface area contributed by atoms with Crippen LogP contribution in [0.4, 0.5) is 0 Å². The Hall–Kier alpha value is -0.740. The predicted octanol–water partition coefficient (Wildman–Crippen LogP) is 9.11. The number of hydroxylamine groups is 3. The zero-order valence-electron chi connectivity index (χ0n) is 23.6. The van der Waals surface area contributed by atoms with Crippen LogP contribution in [0.2, 0.25) is 0 Å². The second-order valence-corrected chi connectivity index (χ2v) is 11.4. The highest BCUT2D eigenvalue weighted by molar-refractivity contribution is 5.79. The molecular formula is C31H60NO3+. The Balaban J connectivity index is 2.26. The van der Waals surface area contributed by atoms with E-state index in [1.54, 1.807) is 0 Å². The van der Waals surface area contributed by atoms with E-state index in [0.29, 0.717) is 18.6 Å². The van der Waals surface area contributed by atoms with Gasteiger partial charge in [-0.3, -0.25) is 4.79 Å². The van der Waals surface area contributed by atoms with Gasteiger partial charge in [-0.1, -0.05) is 104 Å². The van der Waals surface area contributed by atoms with E-state index in [9.17, 15) is 14.8 Å². The average molecular weight is 495 g/mol. The maximum atomic E-state index is 12.5. The summed E-state index contributed by atoms with van der Waals surface area (Å²) in [7, 11) is 0. The van der Waals surface area contributed by atoms with Gasteiger partial charge in [-0.25, -0.2) is 5.21 Å². The number of carbonyl (C=O) groups excluding carboxylic acids is 2. The number of hydrogen-bond donors (Lipinski definition) is 1. The molecule has 0 aromatic carbocycles. The molecule has 0 aromatic heterocycles. The van der Waals surface area contributed by atoms with Crippen LogP contribution in [0, 0.1) is 0 Å². The Bertz CT molecular complexity index is 499. The van der Waals surface area contributed by atoms with Crippen LogP contribution in [0.25, 0.3) is 0 Å². The number of Topliss-reactive ketones (excluding diaryl/α,β-unsaturated/α-hetero) is 1. The van der Waals surface area contributed by atoms with E-state index >= 15 is 0 Å². The lowest BCUT2D eigenvalue weighted by Crippen LogP contribution is -2.63. The highest BCUT2D eigenvalue weighted by atomic mass is 16.6. The summed E-state index contributed by atoms with van der Waals surface area (Å²) in [5.74, 6) is 0.383. The van der Waals surface area contributed by atoms with E-state index < -0.39 is 0 Å². The Morgan fingerprint density at radius 3 is 1.46 bits per heavy atom. The summed E-state index contributed by atoms with van der Waals surface area (Å²) >= 11 is 0. The fraction of sp³-hybridized carbons (Fsp3) is 0.935. The first-order chi connectivity index (χ1) is 17.1. The van der Waals surface area contributed by atoms with Gasteiger partial charge < -0.3 is 4.79 Å². The molecule has 0 bridgehead atoms. The molecular weight excluding hydrogens is 434 g/mol. The van der Waals surface area contributed by atoms with Gasteiger partial charge in [-0.2, -0.15) is 4.65 Å². The van der Waals surface area contributed by atoms with Crippen molar-refractivity contribution in [2.75, 3.05) is 6.54 Å². The minimum atomic E-state index is 0.124. The second-order valence-electron chi connectivity index (χ2n) is 11.4. The molecule has 4 nitrogen and oxygen atoms in total. The summed E-state index contributed by atoms with van der Waals surface area (Å²) < 4.78 is 0.189. The third-order valence-electron chi connectivity index (χ3n) is 8.31. The van der Waals surface area contributed by atoms with E-state index in [4.69, 9.17) is 0 Å². The van der Waals surface area contributed by atoms with E-state index in [1.807, 2.05) is 0 Å². The molecule has 1 fully saturated rings. The fourth-order valence-electron chi connectivity index (χ4n) is 6.04. The number of quaternary nitrogens is 1. The van der Waals surface area contributed by atoms with Crippen molar-refractivity contribution in [2.45, 2.75) is 180 Å². The Kier molecular flexibility index (Phi) is 19.7. The highest BCUT2D eigenvalue weighted by Crippen LogP contribution is 2.34. The lowest BCUT2D eigenvalue weighted by atomic mass is 9.87. The van der Waals surface area contributed by atoms with Gasteiger partial charge in [0, 0.05) is 19.3 Å². The molecule has 0 radical (unpaired) electrons. The van der Waals surface area contributed by atoms with Crippen molar-refractivity contribution < 1.29 is 19.4 Å². The van der Waals surface area contributed by atoms with Gasteiger partial charge >= 0.3 is 0 Å². The van der Waals surface area contributed by atoms with E-state index in [0.717, 1.165) is 57.8 Å². The van der Waals surface area contributed by atoms with Crippen LogP contribution in [0.15, 0.2) is 0 Å². The van der Waals surface area contributed by atoms with Crippen LogP contribution in [-0.2, 0) is 9.59 Å². The summed E-state index contributed by atoms with van der Waals surface area (Å²) in [5, 5.41) is 11.9. The standard InChI is InChI=1S/C31H60NO3/c1-3-5-19-23-29-27-31(34)28-30(24-20-6-4-2)32(29,35)25-21-17-15-13-11-9-7-8-10-12-14-16-18-22-26-33/h26,29-30,35H,3-25,27-28H2,1-2H3/q+1. The fourth-order valence-corrected chi connectivity index (χ4v) is 6.04. The predicted molar refractivity (Wildman–Crippen MR) is 148 cm³/mol. The number of nitrogens with zero attached hydrogens (tertiary/aromatic N) is 1. The van der Waals surface area contributed by atoms with Gasteiger partial charge in [-0.05, 0) is 32.1 Å². The molecule has 1 saturated heterocycles. The summed E-state index contributed by atoms with van der Waals surface area (Å²) in [6, 6.07) is 0.249. The van der Waals surface area contributed by atoms with Crippen LogP contribution in [0.3, 0.4) is 0 Å². The van der Waals surface area contributed by atoms with Crippen molar-refractivity contribution in [1.82, 2.24) is 0 Å². The molecule has 1 aliphatic rings. The van der Waals surface area contributed by atoms with E-state index in [1.165, 1.54) is 96.3 Å². The third-order valence-corrected chi connectivity index (χ3v) is 8.31. The van der Waals surface area contributed by atoms with Crippen molar-refractivity contribution in [3.05, 3.63) is 0 Å². The highest BCUT2D eigenvalue weighted by Gasteiger charge is 2.48. The maximum Gasteiger partial charge on any atom is 0.144 e. The lowest BCUT2D eigenvalue weighted by molar-refractivity contribution is -1.14. The molecule has 1 heterocycles. The quantitative estimate of drug-likeness (QED) is 0.0826. The molecule has 0 spiro atoms. The van der Waals surface area contributed by atoms with Crippen LogP contribution in [0.1, 0.15) is 168 Å². The molecule has 0 saturated carbocycles. The Morgan fingerprint density at radius 2 is 1.06 bits per heavy atom. The normalized spacial score (nSPS) is 22.5. The molecule has 206 valence electrons. The zero-order chi connectivity index (χ0) is 25.6. The van der Waals surface area contributed by atoms with Crippen LogP contribution < -0.4 is 0 Å². The number of likely N-dealkylation sites (tertiary alicyclic amines) is 1. The molecule has 2 atom stereocenters. The molecule has 0 aromatic rings. The molecule has 4 heteroatoms. The molecule has 1 aliphatic heterocycles. The van der Waals surface area contributed by atoms with Crippen LogP contribution in [-0.4, -0.2) is 40.6 Å². The van der Waals surface area contributed by atoms with E-state index in [-0.39, 0.29) is 16.7 Å². The van der Waals surface area contributed by atoms with E-state index in [2.05, 4.69) is 13.8 Å². The van der Waals surface area contributed by atoms with Gasteiger partial charge in [0.15, 0.2) is 0 Å². The number of rotatable bonds is 24. The topological polar surface area (TPSA) is 54.4 Å². The summed E-state index contributed by atoms with van der Waals surface area (Å²) in [5.41, 5.74) is 0. The molecule has 35 heavy (non-hydrogen) atoms. The van der Waals surface area contributed by atoms with Crippen molar-refractivity contribution in [2.24, 2.45) is 0 Å². The van der Waals surface area contributed by atoms with Crippen molar-refractivity contribution in [1.29, 1.82) is 0 Å². The lowest BCUT2D eigenvalue weighted by Gasteiger charge is -2.46. The molecule has 1 rings (SSSR count). The first-order valence-electron chi connectivity index (χ1n) is 15.6. The Morgan fingerprint density at radius 1 is 0.657 bits per heavy atom. The average Bonchev–Trinajstić information content (AvgIpc) is 2.84. The summed E-state index contributed by atoms with van der Waals surface area (Å²) in [4.78, 5) is 22.8. The third kappa shape index (κ3) is 14.6.